The lowest BCUT2D eigenvalue weighted by atomic mass is 9.81. The van der Waals surface area contributed by atoms with Crippen molar-refractivity contribution in [3.63, 3.8) is 0 Å². The summed E-state index contributed by atoms with van der Waals surface area (Å²) in [6.45, 7) is 7.48. The Balaban J connectivity index is 1.58. The van der Waals surface area contributed by atoms with Crippen molar-refractivity contribution in [1.82, 2.24) is 15.5 Å². The number of nitrogens with one attached hydrogen (secondary N) is 2. The van der Waals surface area contributed by atoms with E-state index in [0.717, 1.165) is 26.1 Å². The molecule has 5 heteroatoms. The van der Waals surface area contributed by atoms with Crippen molar-refractivity contribution in [3.05, 3.63) is 35.9 Å². The van der Waals surface area contributed by atoms with Crippen molar-refractivity contribution in [2.45, 2.75) is 45.7 Å². The average Bonchev–Trinajstić information content (AvgIpc) is 2.61. The fourth-order valence-corrected chi connectivity index (χ4v) is 3.71. The van der Waals surface area contributed by atoms with Gasteiger partial charge in [0.2, 0.25) is 11.8 Å². The first kappa shape index (κ1) is 17.9. The fraction of sp³-hybridized carbons (Fsp3) is 0.600. The van der Waals surface area contributed by atoms with E-state index >= 15 is 0 Å². The van der Waals surface area contributed by atoms with Crippen molar-refractivity contribution < 1.29 is 9.59 Å². The normalized spacial score (nSPS) is 30.6. The van der Waals surface area contributed by atoms with Crippen LogP contribution >= 0.6 is 0 Å². The van der Waals surface area contributed by atoms with Crippen LogP contribution in [0.25, 0.3) is 0 Å². The van der Waals surface area contributed by atoms with Crippen LogP contribution < -0.4 is 10.6 Å². The highest BCUT2D eigenvalue weighted by Crippen LogP contribution is 2.27. The maximum absolute atomic E-state index is 12.8. The van der Waals surface area contributed by atoms with Crippen LogP contribution in [0.2, 0.25) is 0 Å². The molecule has 0 spiro atoms. The highest BCUT2D eigenvalue weighted by atomic mass is 16.2. The maximum Gasteiger partial charge on any atom is 0.228 e. The van der Waals surface area contributed by atoms with Gasteiger partial charge in [0.25, 0.3) is 0 Å². The second kappa shape index (κ2) is 7.56. The number of nitrogens with zero attached hydrogens (tertiary/aromatic N) is 1. The number of benzene rings is 1. The third kappa shape index (κ3) is 4.40. The average molecular weight is 343 g/mol. The van der Waals surface area contributed by atoms with Gasteiger partial charge < -0.3 is 10.6 Å². The molecular weight excluding hydrogens is 314 g/mol. The summed E-state index contributed by atoms with van der Waals surface area (Å²) in [5, 5.41) is 6.11. The van der Waals surface area contributed by atoms with E-state index in [1.54, 1.807) is 0 Å². The zero-order valence-corrected chi connectivity index (χ0v) is 15.3. The molecule has 0 aliphatic carbocycles. The lowest BCUT2D eigenvalue weighted by Gasteiger charge is -2.40. The minimum atomic E-state index is -0.491. The van der Waals surface area contributed by atoms with Crippen LogP contribution in [0.4, 0.5) is 0 Å². The maximum atomic E-state index is 12.8. The number of hydrogen-bond acceptors (Lipinski definition) is 3. The SMILES string of the molecule is CC1CCN(Cc2ccccc2)CC1NC(=O)C1(C)CCC(=O)NC1. The monoisotopic (exact) mass is 343 g/mol. The molecule has 1 aromatic carbocycles. The van der Waals surface area contributed by atoms with Gasteiger partial charge in [0.05, 0.1) is 5.41 Å². The van der Waals surface area contributed by atoms with Gasteiger partial charge in [0, 0.05) is 32.1 Å². The number of carbonyl (C=O) groups is 2. The smallest absolute Gasteiger partial charge is 0.228 e. The molecule has 2 heterocycles. The van der Waals surface area contributed by atoms with E-state index in [1.807, 2.05) is 13.0 Å². The molecule has 0 aromatic heterocycles. The molecule has 2 amide bonds. The third-order valence-corrected chi connectivity index (χ3v) is 5.74. The molecule has 3 unspecified atom stereocenters. The Hall–Kier alpha value is -1.88. The molecule has 1 aromatic rings. The van der Waals surface area contributed by atoms with Gasteiger partial charge in [0.1, 0.15) is 0 Å². The Morgan fingerprint density at radius 1 is 1.36 bits per heavy atom. The van der Waals surface area contributed by atoms with Crippen molar-refractivity contribution >= 4 is 11.8 Å². The molecule has 0 bridgehead atoms. The predicted molar refractivity (Wildman–Crippen MR) is 97.8 cm³/mol. The lowest BCUT2D eigenvalue weighted by Crippen LogP contribution is -2.57. The second-order valence-electron chi connectivity index (χ2n) is 7.90. The molecule has 2 saturated heterocycles. The number of likely N-dealkylation sites (tertiary alicyclic amines) is 1. The summed E-state index contributed by atoms with van der Waals surface area (Å²) in [6, 6.07) is 10.6. The van der Waals surface area contributed by atoms with Crippen LogP contribution in [-0.2, 0) is 16.1 Å². The van der Waals surface area contributed by atoms with E-state index in [0.29, 0.717) is 25.3 Å². The standard InChI is InChI=1S/C20H29N3O2/c1-15-9-11-23(12-16-6-4-3-5-7-16)13-17(15)22-19(25)20(2)10-8-18(24)21-14-20/h3-7,15,17H,8-14H2,1-2H3,(H,21,24)(H,22,25). The zero-order valence-electron chi connectivity index (χ0n) is 15.3. The van der Waals surface area contributed by atoms with Crippen LogP contribution in [0.5, 0.6) is 0 Å². The zero-order chi connectivity index (χ0) is 17.9. The first-order chi connectivity index (χ1) is 12.0. The van der Waals surface area contributed by atoms with Gasteiger partial charge in [-0.15, -0.1) is 0 Å². The molecule has 2 aliphatic heterocycles. The van der Waals surface area contributed by atoms with Crippen LogP contribution in [-0.4, -0.2) is 42.4 Å². The fourth-order valence-electron chi connectivity index (χ4n) is 3.71. The number of amides is 2. The summed E-state index contributed by atoms with van der Waals surface area (Å²) in [7, 11) is 0. The molecule has 0 radical (unpaired) electrons. The first-order valence-electron chi connectivity index (χ1n) is 9.30. The van der Waals surface area contributed by atoms with Gasteiger partial charge >= 0.3 is 0 Å². The molecule has 2 fully saturated rings. The van der Waals surface area contributed by atoms with Gasteiger partial charge in [-0.3, -0.25) is 14.5 Å². The molecule has 3 rings (SSSR count). The number of rotatable bonds is 4. The molecule has 3 atom stereocenters. The largest absolute Gasteiger partial charge is 0.355 e. The van der Waals surface area contributed by atoms with Crippen molar-refractivity contribution in [2.24, 2.45) is 11.3 Å². The Kier molecular flexibility index (Phi) is 5.42. The minimum Gasteiger partial charge on any atom is -0.355 e. The highest BCUT2D eigenvalue weighted by molar-refractivity contribution is 5.86. The van der Waals surface area contributed by atoms with Crippen molar-refractivity contribution in [2.75, 3.05) is 19.6 Å². The van der Waals surface area contributed by atoms with Crippen molar-refractivity contribution in [1.29, 1.82) is 0 Å². The topological polar surface area (TPSA) is 61.4 Å². The molecule has 5 nitrogen and oxygen atoms in total. The number of piperidine rings is 2. The summed E-state index contributed by atoms with van der Waals surface area (Å²) in [4.78, 5) is 26.6. The van der Waals surface area contributed by atoms with E-state index in [1.165, 1.54) is 5.56 Å². The summed E-state index contributed by atoms with van der Waals surface area (Å²) in [5.41, 5.74) is 0.819. The Bertz CT molecular complexity index is 607. The van der Waals surface area contributed by atoms with Crippen LogP contribution in [0.1, 0.15) is 38.7 Å². The molecule has 25 heavy (non-hydrogen) atoms. The molecule has 136 valence electrons. The summed E-state index contributed by atoms with van der Waals surface area (Å²) < 4.78 is 0. The van der Waals surface area contributed by atoms with Crippen LogP contribution in [0, 0.1) is 11.3 Å². The lowest BCUT2D eigenvalue weighted by molar-refractivity contribution is -0.135. The summed E-state index contributed by atoms with van der Waals surface area (Å²) in [5.74, 6) is 0.592. The second-order valence-corrected chi connectivity index (χ2v) is 7.90. The quantitative estimate of drug-likeness (QED) is 0.878. The Labute approximate surface area is 150 Å². The van der Waals surface area contributed by atoms with Crippen LogP contribution in [0.15, 0.2) is 30.3 Å². The van der Waals surface area contributed by atoms with E-state index in [9.17, 15) is 9.59 Å². The predicted octanol–water partition coefficient (Wildman–Crippen LogP) is 1.93. The van der Waals surface area contributed by atoms with Gasteiger partial charge in [-0.05, 0) is 37.8 Å². The minimum absolute atomic E-state index is 0.0466. The molecule has 2 aliphatic rings. The number of carbonyl (C=O) groups excluding carboxylic acids is 2. The van der Waals surface area contributed by atoms with Crippen molar-refractivity contribution in [3.8, 4) is 0 Å². The van der Waals surface area contributed by atoms with Gasteiger partial charge in [-0.25, -0.2) is 0 Å². The number of hydrogen-bond donors (Lipinski definition) is 2. The molecular formula is C20H29N3O2. The third-order valence-electron chi connectivity index (χ3n) is 5.74. The first-order valence-corrected chi connectivity index (χ1v) is 9.30. The summed E-state index contributed by atoms with van der Waals surface area (Å²) >= 11 is 0. The van der Waals surface area contributed by atoms with Gasteiger partial charge in [-0.1, -0.05) is 37.3 Å². The van der Waals surface area contributed by atoms with Gasteiger partial charge in [-0.2, -0.15) is 0 Å². The van der Waals surface area contributed by atoms with Crippen LogP contribution in [0.3, 0.4) is 0 Å². The highest BCUT2D eigenvalue weighted by Gasteiger charge is 2.39. The van der Waals surface area contributed by atoms with E-state index in [4.69, 9.17) is 0 Å². The van der Waals surface area contributed by atoms with E-state index < -0.39 is 5.41 Å². The molecule has 2 N–H and O–H groups in total. The summed E-state index contributed by atoms with van der Waals surface area (Å²) in [6.07, 6.45) is 2.15. The Morgan fingerprint density at radius 3 is 2.80 bits per heavy atom. The van der Waals surface area contributed by atoms with Gasteiger partial charge in [0.15, 0.2) is 0 Å². The van der Waals surface area contributed by atoms with E-state index in [2.05, 4.69) is 46.7 Å². The van der Waals surface area contributed by atoms with E-state index in [-0.39, 0.29) is 17.9 Å². The molecule has 0 saturated carbocycles. The Morgan fingerprint density at radius 2 is 2.12 bits per heavy atom.